The minimum atomic E-state index is -0.330. The van der Waals surface area contributed by atoms with E-state index in [1.165, 1.54) is 0 Å². The Hall–Kier alpha value is -2.07. The van der Waals surface area contributed by atoms with Crippen molar-refractivity contribution in [3.05, 3.63) is 47.8 Å². The van der Waals surface area contributed by atoms with Crippen LogP contribution in [0.4, 0.5) is 0 Å². The summed E-state index contributed by atoms with van der Waals surface area (Å²) in [5.74, 6) is -0.330. The molecule has 0 spiro atoms. The van der Waals surface area contributed by atoms with Gasteiger partial charge in [-0.15, -0.1) is 0 Å². The lowest BCUT2D eigenvalue weighted by molar-refractivity contribution is 0.0521. The maximum Gasteiger partial charge on any atom is 0.355 e. The number of hydrogen-bond donors (Lipinski definition) is 1. The lowest BCUT2D eigenvalue weighted by atomic mass is 10.0. The summed E-state index contributed by atoms with van der Waals surface area (Å²) in [6, 6.07) is 9.79. The van der Waals surface area contributed by atoms with Gasteiger partial charge in [0.05, 0.1) is 13.2 Å². The molecule has 4 nitrogen and oxygen atoms in total. The first-order valence-corrected chi connectivity index (χ1v) is 6.19. The number of ether oxygens (including phenoxy) is 2. The number of methoxy groups -OCH3 is 1. The van der Waals surface area contributed by atoms with Crippen molar-refractivity contribution in [3.63, 3.8) is 0 Å². The number of hydrogen-bond acceptors (Lipinski definition) is 3. The van der Waals surface area contributed by atoms with Gasteiger partial charge >= 0.3 is 5.97 Å². The molecule has 0 saturated carbocycles. The van der Waals surface area contributed by atoms with Crippen LogP contribution in [0.2, 0.25) is 0 Å². The number of H-pyrrole nitrogens is 1. The number of rotatable bonds is 5. The summed E-state index contributed by atoms with van der Waals surface area (Å²) in [6.07, 6.45) is 1.74. The fourth-order valence-corrected chi connectivity index (χ4v) is 1.93. The van der Waals surface area contributed by atoms with Crippen LogP contribution in [0.3, 0.4) is 0 Å². The molecule has 0 aliphatic rings. The van der Waals surface area contributed by atoms with Crippen LogP contribution in [0.1, 0.15) is 23.0 Å². The third kappa shape index (κ3) is 3.03. The van der Waals surface area contributed by atoms with E-state index in [4.69, 9.17) is 9.47 Å². The van der Waals surface area contributed by atoms with Gasteiger partial charge in [0, 0.05) is 18.9 Å². The molecule has 100 valence electrons. The smallest absolute Gasteiger partial charge is 0.355 e. The second kappa shape index (κ2) is 6.20. The van der Waals surface area contributed by atoms with Crippen LogP contribution in [-0.4, -0.2) is 24.7 Å². The molecule has 0 aliphatic carbocycles. The molecule has 0 bridgehead atoms. The lowest BCUT2D eigenvalue weighted by Crippen LogP contribution is -2.06. The Morgan fingerprint density at radius 2 is 1.95 bits per heavy atom. The average molecular weight is 259 g/mol. The van der Waals surface area contributed by atoms with Crippen LogP contribution < -0.4 is 0 Å². The Labute approximate surface area is 112 Å². The van der Waals surface area contributed by atoms with Crippen LogP contribution >= 0.6 is 0 Å². The van der Waals surface area contributed by atoms with Gasteiger partial charge in [-0.1, -0.05) is 24.3 Å². The highest BCUT2D eigenvalue weighted by Gasteiger charge is 2.14. The maximum absolute atomic E-state index is 11.8. The zero-order valence-corrected chi connectivity index (χ0v) is 11.1. The van der Waals surface area contributed by atoms with Gasteiger partial charge in [-0.25, -0.2) is 4.79 Å². The predicted octanol–water partition coefficient (Wildman–Crippen LogP) is 3.00. The van der Waals surface area contributed by atoms with E-state index in [-0.39, 0.29) is 5.97 Å². The SMILES string of the molecule is CCOC(=O)c1[nH]ccc1-c1ccc(COC)cc1. The van der Waals surface area contributed by atoms with Crippen molar-refractivity contribution in [3.8, 4) is 11.1 Å². The summed E-state index contributed by atoms with van der Waals surface area (Å²) >= 11 is 0. The summed E-state index contributed by atoms with van der Waals surface area (Å²) in [5, 5.41) is 0. The number of benzene rings is 1. The molecule has 0 atom stereocenters. The van der Waals surface area contributed by atoms with Gasteiger partial charge in [-0.2, -0.15) is 0 Å². The van der Waals surface area contributed by atoms with E-state index in [1.807, 2.05) is 30.3 Å². The zero-order chi connectivity index (χ0) is 13.7. The summed E-state index contributed by atoms with van der Waals surface area (Å²) < 4.78 is 10.1. The first-order valence-electron chi connectivity index (χ1n) is 6.19. The molecular weight excluding hydrogens is 242 g/mol. The van der Waals surface area contributed by atoms with Gasteiger partial charge in [0.25, 0.3) is 0 Å². The van der Waals surface area contributed by atoms with E-state index >= 15 is 0 Å². The quantitative estimate of drug-likeness (QED) is 0.840. The summed E-state index contributed by atoms with van der Waals surface area (Å²) in [6.45, 7) is 2.74. The molecular formula is C15H17NO3. The molecule has 2 rings (SSSR count). The van der Waals surface area contributed by atoms with Gasteiger partial charge in [-0.05, 0) is 24.1 Å². The molecule has 19 heavy (non-hydrogen) atoms. The van der Waals surface area contributed by atoms with Crippen LogP contribution in [0.5, 0.6) is 0 Å². The molecule has 1 aromatic heterocycles. The van der Waals surface area contributed by atoms with Crippen molar-refractivity contribution in [2.45, 2.75) is 13.5 Å². The highest BCUT2D eigenvalue weighted by atomic mass is 16.5. The number of esters is 1. The second-order valence-corrected chi connectivity index (χ2v) is 4.12. The normalized spacial score (nSPS) is 10.4. The van der Waals surface area contributed by atoms with Crippen LogP contribution in [0.15, 0.2) is 36.5 Å². The van der Waals surface area contributed by atoms with Crippen molar-refractivity contribution in [2.75, 3.05) is 13.7 Å². The molecule has 0 unspecified atom stereocenters. The highest BCUT2D eigenvalue weighted by molar-refractivity contribution is 5.95. The fourth-order valence-electron chi connectivity index (χ4n) is 1.93. The third-order valence-corrected chi connectivity index (χ3v) is 2.80. The molecule has 1 N–H and O–H groups in total. The largest absolute Gasteiger partial charge is 0.461 e. The lowest BCUT2D eigenvalue weighted by Gasteiger charge is -2.05. The highest BCUT2D eigenvalue weighted by Crippen LogP contribution is 2.24. The average Bonchev–Trinajstić information content (AvgIpc) is 2.89. The first kappa shape index (κ1) is 13.4. The van der Waals surface area contributed by atoms with Crippen molar-refractivity contribution in [1.82, 2.24) is 4.98 Å². The Kier molecular flexibility index (Phi) is 4.36. The van der Waals surface area contributed by atoms with Crippen molar-refractivity contribution < 1.29 is 14.3 Å². The second-order valence-electron chi connectivity index (χ2n) is 4.12. The Morgan fingerprint density at radius 3 is 2.58 bits per heavy atom. The standard InChI is InChI=1S/C15H17NO3/c1-3-19-15(17)14-13(8-9-16-14)12-6-4-11(5-7-12)10-18-2/h4-9,16H,3,10H2,1-2H3. The van der Waals surface area contributed by atoms with Crippen LogP contribution in [0.25, 0.3) is 11.1 Å². The van der Waals surface area contributed by atoms with Gasteiger partial charge in [0.1, 0.15) is 5.69 Å². The molecule has 2 aromatic rings. The Bertz CT molecular complexity index is 543. The third-order valence-electron chi connectivity index (χ3n) is 2.80. The number of nitrogens with one attached hydrogen (secondary N) is 1. The maximum atomic E-state index is 11.8. The molecule has 0 radical (unpaired) electrons. The van der Waals surface area contributed by atoms with E-state index in [1.54, 1.807) is 20.2 Å². The van der Waals surface area contributed by atoms with Crippen molar-refractivity contribution in [1.29, 1.82) is 0 Å². The topological polar surface area (TPSA) is 51.3 Å². The van der Waals surface area contributed by atoms with Crippen molar-refractivity contribution >= 4 is 5.97 Å². The molecule has 4 heteroatoms. The predicted molar refractivity (Wildman–Crippen MR) is 72.9 cm³/mol. The van der Waals surface area contributed by atoms with Gasteiger partial charge in [-0.3, -0.25) is 0 Å². The molecule has 0 aliphatic heterocycles. The van der Waals surface area contributed by atoms with E-state index in [2.05, 4.69) is 4.98 Å². The summed E-state index contributed by atoms with van der Waals surface area (Å²) in [5.41, 5.74) is 3.41. The van der Waals surface area contributed by atoms with Gasteiger partial charge in [0.2, 0.25) is 0 Å². The fraction of sp³-hybridized carbons (Fsp3) is 0.267. The van der Waals surface area contributed by atoms with Gasteiger partial charge < -0.3 is 14.5 Å². The summed E-state index contributed by atoms with van der Waals surface area (Å²) in [7, 11) is 1.67. The zero-order valence-electron chi connectivity index (χ0n) is 11.1. The van der Waals surface area contributed by atoms with Crippen LogP contribution in [0, 0.1) is 0 Å². The monoisotopic (exact) mass is 259 g/mol. The molecule has 0 saturated heterocycles. The van der Waals surface area contributed by atoms with E-state index in [0.717, 1.165) is 16.7 Å². The number of aromatic nitrogens is 1. The molecule has 1 heterocycles. The van der Waals surface area contributed by atoms with E-state index in [9.17, 15) is 4.79 Å². The van der Waals surface area contributed by atoms with Crippen molar-refractivity contribution in [2.24, 2.45) is 0 Å². The molecule has 0 amide bonds. The number of carbonyl (C=O) groups is 1. The Morgan fingerprint density at radius 1 is 1.21 bits per heavy atom. The van der Waals surface area contributed by atoms with E-state index < -0.39 is 0 Å². The van der Waals surface area contributed by atoms with Crippen LogP contribution in [-0.2, 0) is 16.1 Å². The van der Waals surface area contributed by atoms with E-state index in [0.29, 0.717) is 18.9 Å². The molecule has 1 aromatic carbocycles. The molecule has 0 fully saturated rings. The minimum absolute atomic E-state index is 0.330. The first-order chi connectivity index (χ1) is 9.26. The Balaban J connectivity index is 2.26. The number of carbonyl (C=O) groups excluding carboxylic acids is 1. The number of aromatic amines is 1. The summed E-state index contributed by atoms with van der Waals surface area (Å²) in [4.78, 5) is 14.7. The minimum Gasteiger partial charge on any atom is -0.461 e. The van der Waals surface area contributed by atoms with Gasteiger partial charge in [0.15, 0.2) is 0 Å².